The van der Waals surface area contributed by atoms with E-state index in [0.29, 0.717) is 23.8 Å². The number of nitrogens with zero attached hydrogens (tertiary/aromatic N) is 3. The summed E-state index contributed by atoms with van der Waals surface area (Å²) >= 11 is 0. The number of pyridine rings is 1. The maximum atomic E-state index is 11.6. The summed E-state index contributed by atoms with van der Waals surface area (Å²) in [5.41, 5.74) is 1.73. The summed E-state index contributed by atoms with van der Waals surface area (Å²) in [7, 11) is 0. The van der Waals surface area contributed by atoms with Crippen molar-refractivity contribution in [3.8, 4) is 11.5 Å². The van der Waals surface area contributed by atoms with E-state index in [1.165, 1.54) is 0 Å². The quantitative estimate of drug-likeness (QED) is 0.827. The Kier molecular flexibility index (Phi) is 3.50. The fourth-order valence-electron chi connectivity index (χ4n) is 1.62. The molecule has 0 aliphatic heterocycles. The number of rotatable bonds is 4. The highest BCUT2D eigenvalue weighted by atomic mass is 16.5. The van der Waals surface area contributed by atoms with Crippen molar-refractivity contribution >= 4 is 5.78 Å². The highest BCUT2D eigenvalue weighted by Crippen LogP contribution is 2.20. The van der Waals surface area contributed by atoms with Crippen LogP contribution in [-0.2, 0) is 4.79 Å². The van der Waals surface area contributed by atoms with E-state index in [1.54, 1.807) is 13.1 Å². The third-order valence-corrected chi connectivity index (χ3v) is 2.79. The summed E-state index contributed by atoms with van der Waals surface area (Å²) in [4.78, 5) is 20.0. The van der Waals surface area contributed by atoms with Gasteiger partial charge in [0.1, 0.15) is 11.5 Å². The number of carbonyl (C=O) groups is 1. The molecule has 1 unspecified atom stereocenters. The molecule has 0 aromatic carbocycles. The van der Waals surface area contributed by atoms with E-state index >= 15 is 0 Å². The summed E-state index contributed by atoms with van der Waals surface area (Å²) in [5, 5.41) is 3.86. The van der Waals surface area contributed by atoms with Crippen molar-refractivity contribution in [3.63, 3.8) is 0 Å². The number of ketones is 1. The lowest BCUT2D eigenvalue weighted by Crippen LogP contribution is -2.07. The van der Waals surface area contributed by atoms with Crippen LogP contribution in [0.4, 0.5) is 0 Å². The fraction of sp³-hybridized carbons (Fsp3) is 0.385. The Bertz CT molecular complexity index is 563. The average Bonchev–Trinajstić information content (AvgIpc) is 2.86. The highest BCUT2D eigenvalue weighted by molar-refractivity contribution is 5.84. The lowest BCUT2D eigenvalue weighted by Gasteiger charge is -2.01. The molecule has 0 fully saturated rings. The number of hydrogen-bond donors (Lipinski definition) is 0. The predicted molar refractivity (Wildman–Crippen MR) is 66.0 cm³/mol. The summed E-state index contributed by atoms with van der Waals surface area (Å²) in [6.45, 7) is 5.56. The number of hydrogen-bond acceptors (Lipinski definition) is 5. The summed E-state index contributed by atoms with van der Waals surface area (Å²) < 4.78 is 5.12. The van der Waals surface area contributed by atoms with E-state index in [1.807, 2.05) is 26.0 Å². The molecule has 94 valence electrons. The SMILES string of the molecule is CCC(=O)C(C)c1nc(-c2cc(C)ccn2)no1. The first kappa shape index (κ1) is 12.4. The van der Waals surface area contributed by atoms with Gasteiger partial charge in [-0.05, 0) is 31.5 Å². The van der Waals surface area contributed by atoms with Crippen molar-refractivity contribution in [2.75, 3.05) is 0 Å². The van der Waals surface area contributed by atoms with Gasteiger partial charge in [0.05, 0.1) is 5.92 Å². The molecule has 0 amide bonds. The lowest BCUT2D eigenvalue weighted by molar-refractivity contribution is -0.120. The first-order valence-corrected chi connectivity index (χ1v) is 5.91. The van der Waals surface area contributed by atoms with Crippen molar-refractivity contribution in [1.82, 2.24) is 15.1 Å². The summed E-state index contributed by atoms with van der Waals surface area (Å²) in [5.74, 6) is 0.494. The van der Waals surface area contributed by atoms with Crippen molar-refractivity contribution < 1.29 is 9.32 Å². The highest BCUT2D eigenvalue weighted by Gasteiger charge is 2.21. The van der Waals surface area contributed by atoms with Gasteiger partial charge >= 0.3 is 0 Å². The Hall–Kier alpha value is -2.04. The zero-order valence-electron chi connectivity index (χ0n) is 10.7. The van der Waals surface area contributed by atoms with Gasteiger partial charge in [-0.25, -0.2) is 0 Å². The van der Waals surface area contributed by atoms with Gasteiger partial charge in [0.2, 0.25) is 11.7 Å². The summed E-state index contributed by atoms with van der Waals surface area (Å²) in [6, 6.07) is 3.77. The van der Waals surface area contributed by atoms with Crippen LogP contribution in [0, 0.1) is 6.92 Å². The molecule has 2 rings (SSSR count). The van der Waals surface area contributed by atoms with E-state index in [-0.39, 0.29) is 11.7 Å². The number of aryl methyl sites for hydroxylation is 1. The molecule has 5 nitrogen and oxygen atoms in total. The monoisotopic (exact) mass is 245 g/mol. The van der Waals surface area contributed by atoms with E-state index < -0.39 is 0 Å². The smallest absolute Gasteiger partial charge is 0.237 e. The minimum atomic E-state index is -0.360. The molecule has 0 aliphatic rings. The zero-order chi connectivity index (χ0) is 13.1. The van der Waals surface area contributed by atoms with Gasteiger partial charge in [-0.2, -0.15) is 4.98 Å². The van der Waals surface area contributed by atoms with E-state index in [2.05, 4.69) is 15.1 Å². The second kappa shape index (κ2) is 5.08. The van der Waals surface area contributed by atoms with Crippen molar-refractivity contribution in [1.29, 1.82) is 0 Å². The maximum absolute atomic E-state index is 11.6. The Balaban J connectivity index is 2.28. The predicted octanol–water partition coefficient (Wildman–Crippen LogP) is 2.52. The first-order valence-electron chi connectivity index (χ1n) is 5.91. The van der Waals surface area contributed by atoms with Crippen molar-refractivity contribution in [2.24, 2.45) is 0 Å². The number of carbonyl (C=O) groups excluding carboxylic acids is 1. The molecule has 0 spiro atoms. The molecule has 2 heterocycles. The Morgan fingerprint density at radius 3 is 2.94 bits per heavy atom. The molecule has 0 radical (unpaired) electrons. The molecule has 1 atom stereocenters. The van der Waals surface area contributed by atoms with Gasteiger partial charge in [0.25, 0.3) is 0 Å². The fourth-order valence-corrected chi connectivity index (χ4v) is 1.62. The topological polar surface area (TPSA) is 68.9 Å². The zero-order valence-corrected chi connectivity index (χ0v) is 10.7. The second-order valence-electron chi connectivity index (χ2n) is 4.22. The molecule has 0 N–H and O–H groups in total. The molecule has 5 heteroatoms. The Morgan fingerprint density at radius 2 is 2.28 bits per heavy atom. The van der Waals surface area contributed by atoms with Crippen LogP contribution in [0.15, 0.2) is 22.9 Å². The standard InChI is InChI=1S/C13H15N3O2/c1-4-11(17)9(3)13-15-12(16-18-13)10-7-8(2)5-6-14-10/h5-7,9H,4H2,1-3H3. The third kappa shape index (κ3) is 2.45. The Labute approximate surface area is 105 Å². The molecule has 2 aromatic heterocycles. The lowest BCUT2D eigenvalue weighted by atomic mass is 10.1. The van der Waals surface area contributed by atoms with Gasteiger partial charge in [0, 0.05) is 12.6 Å². The minimum Gasteiger partial charge on any atom is -0.338 e. The molecule has 18 heavy (non-hydrogen) atoms. The second-order valence-corrected chi connectivity index (χ2v) is 4.22. The van der Waals surface area contributed by atoms with Crippen LogP contribution in [-0.4, -0.2) is 20.9 Å². The number of Topliss-reactive ketones (excluding diaryl/α,β-unsaturated/α-hetero) is 1. The van der Waals surface area contributed by atoms with Crippen LogP contribution in [0.2, 0.25) is 0 Å². The van der Waals surface area contributed by atoms with Crippen molar-refractivity contribution in [2.45, 2.75) is 33.1 Å². The van der Waals surface area contributed by atoms with Gasteiger partial charge in [-0.3, -0.25) is 9.78 Å². The van der Waals surface area contributed by atoms with Crippen molar-refractivity contribution in [3.05, 3.63) is 29.8 Å². The van der Waals surface area contributed by atoms with Crippen LogP contribution in [0.1, 0.15) is 37.6 Å². The van der Waals surface area contributed by atoms with Crippen LogP contribution in [0.5, 0.6) is 0 Å². The van der Waals surface area contributed by atoms with E-state index in [0.717, 1.165) is 5.56 Å². The average molecular weight is 245 g/mol. The van der Waals surface area contributed by atoms with E-state index in [4.69, 9.17) is 4.52 Å². The van der Waals surface area contributed by atoms with Gasteiger partial charge in [-0.15, -0.1) is 0 Å². The van der Waals surface area contributed by atoms with E-state index in [9.17, 15) is 4.79 Å². The summed E-state index contributed by atoms with van der Waals surface area (Å²) in [6.07, 6.45) is 2.16. The molecule has 0 saturated carbocycles. The Morgan fingerprint density at radius 1 is 1.50 bits per heavy atom. The molecular formula is C13H15N3O2. The van der Waals surface area contributed by atoms with Crippen LogP contribution < -0.4 is 0 Å². The molecule has 2 aromatic rings. The number of aromatic nitrogens is 3. The minimum absolute atomic E-state index is 0.0856. The normalized spacial score (nSPS) is 12.4. The van der Waals surface area contributed by atoms with Gasteiger partial charge in [-0.1, -0.05) is 12.1 Å². The van der Waals surface area contributed by atoms with Crippen LogP contribution in [0.3, 0.4) is 0 Å². The van der Waals surface area contributed by atoms with Crippen LogP contribution in [0.25, 0.3) is 11.5 Å². The molecular weight excluding hydrogens is 230 g/mol. The first-order chi connectivity index (χ1) is 8.61. The maximum Gasteiger partial charge on any atom is 0.237 e. The van der Waals surface area contributed by atoms with Gasteiger partial charge in [0.15, 0.2) is 0 Å². The molecule has 0 bridgehead atoms. The van der Waals surface area contributed by atoms with Gasteiger partial charge < -0.3 is 4.52 Å². The largest absolute Gasteiger partial charge is 0.338 e. The van der Waals surface area contributed by atoms with Crippen LogP contribution >= 0.6 is 0 Å². The molecule has 0 saturated heterocycles. The molecule has 0 aliphatic carbocycles. The third-order valence-electron chi connectivity index (χ3n) is 2.79.